The molecule has 0 aliphatic rings. The minimum absolute atomic E-state index is 0.297. The normalized spacial score (nSPS) is 12.4. The molecule has 1 aromatic heterocycles. The van der Waals surface area contributed by atoms with Crippen LogP contribution in [0.3, 0.4) is 0 Å². The van der Waals surface area contributed by atoms with Gasteiger partial charge in [-0.25, -0.2) is 0 Å². The molecule has 1 heterocycles. The van der Waals surface area contributed by atoms with Crippen molar-refractivity contribution in [2.75, 3.05) is 13.6 Å². The van der Waals surface area contributed by atoms with Gasteiger partial charge in [-0.05, 0) is 12.5 Å². The highest BCUT2D eigenvalue weighted by atomic mass is 16.5. The molecule has 0 fully saturated rings. The Morgan fingerprint density at radius 3 is 2.60 bits per heavy atom. The molecular formula is C11H21N3O. The fourth-order valence-electron chi connectivity index (χ4n) is 1.66. The van der Waals surface area contributed by atoms with E-state index in [1.54, 1.807) is 0 Å². The van der Waals surface area contributed by atoms with Gasteiger partial charge in [0.2, 0.25) is 0 Å². The molecule has 1 aromatic rings. The van der Waals surface area contributed by atoms with E-state index in [1.807, 2.05) is 6.07 Å². The Balaban J connectivity index is 2.47. The second-order valence-electron chi connectivity index (χ2n) is 5.22. The van der Waals surface area contributed by atoms with Crippen LogP contribution in [0.2, 0.25) is 0 Å². The zero-order valence-electron chi connectivity index (χ0n) is 10.1. The van der Waals surface area contributed by atoms with Gasteiger partial charge in [-0.15, -0.1) is 0 Å². The minimum Gasteiger partial charge on any atom is -0.360 e. The van der Waals surface area contributed by atoms with Gasteiger partial charge in [-0.3, -0.25) is 4.90 Å². The lowest BCUT2D eigenvalue weighted by Crippen LogP contribution is -2.28. The van der Waals surface area contributed by atoms with Gasteiger partial charge in [0.25, 0.3) is 0 Å². The summed E-state index contributed by atoms with van der Waals surface area (Å²) in [5.74, 6) is 0.877. The van der Waals surface area contributed by atoms with Gasteiger partial charge >= 0.3 is 0 Å². The summed E-state index contributed by atoms with van der Waals surface area (Å²) in [5, 5.41) is 3.86. The number of hydrogen-bond donors (Lipinski definition) is 1. The van der Waals surface area contributed by atoms with Gasteiger partial charge in [0.15, 0.2) is 5.76 Å². The van der Waals surface area contributed by atoms with Crippen molar-refractivity contribution < 1.29 is 4.52 Å². The van der Waals surface area contributed by atoms with E-state index in [-0.39, 0.29) is 0 Å². The molecule has 0 unspecified atom stereocenters. The lowest BCUT2D eigenvalue weighted by Gasteiger charge is -2.25. The number of nitrogens with zero attached hydrogens (tertiary/aromatic N) is 2. The van der Waals surface area contributed by atoms with Crippen molar-refractivity contribution in [2.45, 2.75) is 33.9 Å². The summed E-state index contributed by atoms with van der Waals surface area (Å²) in [6.07, 6.45) is 0. The van der Waals surface area contributed by atoms with Crippen molar-refractivity contribution in [1.82, 2.24) is 10.1 Å². The zero-order valence-corrected chi connectivity index (χ0v) is 10.1. The van der Waals surface area contributed by atoms with Gasteiger partial charge in [0.1, 0.15) is 0 Å². The summed E-state index contributed by atoms with van der Waals surface area (Å²) in [4.78, 5) is 2.22. The van der Waals surface area contributed by atoms with E-state index >= 15 is 0 Å². The predicted octanol–water partition coefficient (Wildman–Crippen LogP) is 1.61. The van der Waals surface area contributed by atoms with Crippen LogP contribution in [0.25, 0.3) is 0 Å². The van der Waals surface area contributed by atoms with E-state index in [0.29, 0.717) is 12.0 Å². The molecular weight excluding hydrogens is 190 g/mol. The third-order valence-electron chi connectivity index (χ3n) is 1.99. The smallest absolute Gasteiger partial charge is 0.151 e. The highest BCUT2D eigenvalue weighted by Crippen LogP contribution is 2.16. The van der Waals surface area contributed by atoms with Crippen LogP contribution in [0, 0.1) is 5.41 Å². The summed E-state index contributed by atoms with van der Waals surface area (Å²) in [5.41, 5.74) is 6.57. The van der Waals surface area contributed by atoms with E-state index in [9.17, 15) is 0 Å². The van der Waals surface area contributed by atoms with E-state index in [0.717, 1.165) is 24.5 Å². The fraction of sp³-hybridized carbons (Fsp3) is 0.727. The molecule has 0 spiro atoms. The maximum Gasteiger partial charge on any atom is 0.151 e. The average molecular weight is 211 g/mol. The van der Waals surface area contributed by atoms with E-state index in [1.165, 1.54) is 0 Å². The molecule has 0 radical (unpaired) electrons. The molecule has 0 atom stereocenters. The molecule has 0 aliphatic heterocycles. The van der Waals surface area contributed by atoms with Crippen molar-refractivity contribution in [2.24, 2.45) is 11.1 Å². The van der Waals surface area contributed by atoms with Crippen molar-refractivity contribution in [3.63, 3.8) is 0 Å². The van der Waals surface area contributed by atoms with E-state index in [4.69, 9.17) is 10.3 Å². The molecule has 0 saturated heterocycles. The van der Waals surface area contributed by atoms with Crippen LogP contribution in [-0.4, -0.2) is 23.6 Å². The van der Waals surface area contributed by atoms with E-state index in [2.05, 4.69) is 37.9 Å². The molecule has 0 bridgehead atoms. The SMILES string of the molecule is CN(Cc1cc(CN)no1)CC(C)(C)C. The zero-order chi connectivity index (χ0) is 11.5. The monoisotopic (exact) mass is 211 g/mol. The third kappa shape index (κ3) is 4.44. The molecule has 2 N–H and O–H groups in total. The first-order chi connectivity index (χ1) is 6.90. The topological polar surface area (TPSA) is 55.3 Å². The molecule has 1 rings (SSSR count). The van der Waals surface area contributed by atoms with E-state index < -0.39 is 0 Å². The lowest BCUT2D eigenvalue weighted by atomic mass is 9.96. The first kappa shape index (κ1) is 12.2. The van der Waals surface area contributed by atoms with Crippen molar-refractivity contribution in [3.8, 4) is 0 Å². The first-order valence-electron chi connectivity index (χ1n) is 5.24. The highest BCUT2D eigenvalue weighted by molar-refractivity contribution is 5.04. The minimum atomic E-state index is 0.297. The van der Waals surface area contributed by atoms with Crippen LogP contribution in [0.5, 0.6) is 0 Å². The number of hydrogen-bond acceptors (Lipinski definition) is 4. The third-order valence-corrected chi connectivity index (χ3v) is 1.99. The Labute approximate surface area is 91.4 Å². The van der Waals surface area contributed by atoms with Gasteiger partial charge < -0.3 is 10.3 Å². The maximum atomic E-state index is 5.46. The van der Waals surface area contributed by atoms with Crippen LogP contribution in [0.15, 0.2) is 10.6 Å². The molecule has 0 aromatic carbocycles. The summed E-state index contributed by atoms with van der Waals surface area (Å²) < 4.78 is 5.17. The quantitative estimate of drug-likeness (QED) is 0.822. The van der Waals surface area contributed by atoms with Crippen LogP contribution < -0.4 is 5.73 Å². The molecule has 86 valence electrons. The Bertz CT molecular complexity index is 301. The van der Waals surface area contributed by atoms with Crippen molar-refractivity contribution in [1.29, 1.82) is 0 Å². The summed E-state index contributed by atoms with van der Waals surface area (Å²) in [6.45, 7) is 8.89. The van der Waals surface area contributed by atoms with Crippen LogP contribution in [-0.2, 0) is 13.1 Å². The number of rotatable bonds is 4. The van der Waals surface area contributed by atoms with Crippen molar-refractivity contribution in [3.05, 3.63) is 17.5 Å². The molecule has 0 saturated carbocycles. The molecule has 4 heteroatoms. The summed E-state index contributed by atoms with van der Waals surface area (Å²) in [7, 11) is 2.08. The Hall–Kier alpha value is -0.870. The highest BCUT2D eigenvalue weighted by Gasteiger charge is 2.15. The number of nitrogens with two attached hydrogens (primary N) is 1. The average Bonchev–Trinajstić information content (AvgIpc) is 2.48. The summed E-state index contributed by atoms with van der Waals surface area (Å²) >= 11 is 0. The van der Waals surface area contributed by atoms with Crippen LogP contribution >= 0.6 is 0 Å². The fourth-order valence-corrected chi connectivity index (χ4v) is 1.66. The second-order valence-corrected chi connectivity index (χ2v) is 5.22. The van der Waals surface area contributed by atoms with Gasteiger partial charge in [0, 0.05) is 19.2 Å². The molecule has 15 heavy (non-hydrogen) atoms. The van der Waals surface area contributed by atoms with Crippen LogP contribution in [0.1, 0.15) is 32.2 Å². The molecule has 0 amide bonds. The Morgan fingerprint density at radius 1 is 1.47 bits per heavy atom. The summed E-state index contributed by atoms with van der Waals surface area (Å²) in [6, 6.07) is 1.92. The maximum absolute atomic E-state index is 5.46. The largest absolute Gasteiger partial charge is 0.360 e. The van der Waals surface area contributed by atoms with Gasteiger partial charge in [-0.1, -0.05) is 25.9 Å². The van der Waals surface area contributed by atoms with Crippen molar-refractivity contribution >= 4 is 0 Å². The van der Waals surface area contributed by atoms with Gasteiger partial charge in [-0.2, -0.15) is 0 Å². The predicted molar refractivity (Wildman–Crippen MR) is 60.2 cm³/mol. The standard InChI is InChI=1S/C11H21N3O/c1-11(2,3)8-14(4)7-10-5-9(6-12)13-15-10/h5H,6-8,12H2,1-4H3. The van der Waals surface area contributed by atoms with Gasteiger partial charge in [0.05, 0.1) is 12.2 Å². The molecule has 0 aliphatic carbocycles. The first-order valence-corrected chi connectivity index (χ1v) is 5.24. The number of aromatic nitrogens is 1. The lowest BCUT2D eigenvalue weighted by molar-refractivity contribution is 0.201. The van der Waals surface area contributed by atoms with Crippen LogP contribution in [0.4, 0.5) is 0 Å². The Kier molecular flexibility index (Phi) is 3.88. The second kappa shape index (κ2) is 4.77. The Morgan fingerprint density at radius 2 is 2.13 bits per heavy atom. The molecule has 4 nitrogen and oxygen atoms in total.